The smallest absolute Gasteiger partial charge is 0.275 e. The van der Waals surface area contributed by atoms with Gasteiger partial charge in [0.1, 0.15) is 17.5 Å². The molecule has 0 N–H and O–H groups in total. The number of hydrogen-bond acceptors (Lipinski definition) is 6. The van der Waals surface area contributed by atoms with E-state index in [4.69, 9.17) is 9.15 Å². The van der Waals surface area contributed by atoms with Gasteiger partial charge in [0.25, 0.3) is 5.91 Å². The second-order valence-corrected chi connectivity index (χ2v) is 7.21. The molecule has 1 aromatic carbocycles. The molecule has 4 rings (SSSR count). The summed E-state index contributed by atoms with van der Waals surface area (Å²) in [5.74, 6) is 0.885. The summed E-state index contributed by atoms with van der Waals surface area (Å²) in [4.78, 5) is 25.3. The number of likely N-dealkylation sites (N-methyl/N-ethyl adjacent to an activating group) is 2. The number of hydrogen-bond donors (Lipinski definition) is 0. The standard InChI is InChI=1S/C21H24N4O3/c1-24-11-5-8-16(24)12-25(2)21(26)17-13-28-19(23-17)14-27-18-9-3-6-15-7-4-10-22-20(15)18/h3-4,6-7,9-10,13,16H,5,8,11-12,14H2,1-2H3/t16-/m0/s1. The largest absolute Gasteiger partial charge is 0.482 e. The summed E-state index contributed by atoms with van der Waals surface area (Å²) >= 11 is 0. The Bertz CT molecular complexity index is 966. The average molecular weight is 380 g/mol. The maximum absolute atomic E-state index is 12.6. The van der Waals surface area contributed by atoms with E-state index < -0.39 is 0 Å². The Hall–Kier alpha value is -2.93. The SMILES string of the molecule is CN(C[C@@H]1CCCN1C)C(=O)c1coc(COc2cccc3cccnc23)n1. The van der Waals surface area contributed by atoms with Gasteiger partial charge < -0.3 is 19.0 Å². The van der Waals surface area contributed by atoms with Gasteiger partial charge in [-0.1, -0.05) is 18.2 Å². The molecular formula is C21H24N4O3. The predicted octanol–water partition coefficient (Wildman–Crippen LogP) is 2.97. The van der Waals surface area contributed by atoms with Crippen LogP contribution in [0.4, 0.5) is 0 Å². The highest BCUT2D eigenvalue weighted by atomic mass is 16.5. The van der Waals surface area contributed by atoms with E-state index in [0.29, 0.717) is 29.9 Å². The van der Waals surface area contributed by atoms with Crippen LogP contribution in [-0.4, -0.2) is 58.9 Å². The summed E-state index contributed by atoms with van der Waals surface area (Å²) in [6.07, 6.45) is 5.43. The second-order valence-electron chi connectivity index (χ2n) is 7.21. The number of likely N-dealkylation sites (tertiary alicyclic amines) is 1. The zero-order chi connectivity index (χ0) is 19.5. The van der Waals surface area contributed by atoms with Crippen molar-refractivity contribution in [3.63, 3.8) is 0 Å². The second kappa shape index (κ2) is 7.98. The molecule has 0 bridgehead atoms. The Morgan fingerprint density at radius 3 is 3.04 bits per heavy atom. The molecule has 0 aliphatic carbocycles. The maximum atomic E-state index is 12.6. The quantitative estimate of drug-likeness (QED) is 0.655. The van der Waals surface area contributed by atoms with Gasteiger partial charge >= 0.3 is 0 Å². The van der Waals surface area contributed by atoms with E-state index in [1.54, 1.807) is 18.1 Å². The first-order chi connectivity index (χ1) is 13.6. The molecule has 0 unspecified atom stereocenters. The fraction of sp³-hybridized carbons (Fsp3) is 0.381. The molecule has 7 nitrogen and oxygen atoms in total. The van der Waals surface area contributed by atoms with Gasteiger partial charge in [-0.3, -0.25) is 9.78 Å². The van der Waals surface area contributed by atoms with Gasteiger partial charge in [-0.15, -0.1) is 0 Å². The van der Waals surface area contributed by atoms with E-state index in [0.717, 1.165) is 23.9 Å². The molecule has 7 heteroatoms. The number of oxazole rings is 1. The molecule has 0 radical (unpaired) electrons. The lowest BCUT2D eigenvalue weighted by Crippen LogP contribution is -2.39. The molecule has 1 amide bonds. The molecule has 3 aromatic rings. The Balaban J connectivity index is 1.39. The number of carbonyl (C=O) groups excluding carboxylic acids is 1. The number of aromatic nitrogens is 2. The molecule has 1 atom stereocenters. The van der Waals surface area contributed by atoms with E-state index in [1.165, 1.54) is 12.7 Å². The van der Waals surface area contributed by atoms with E-state index >= 15 is 0 Å². The molecule has 1 fully saturated rings. The normalized spacial score (nSPS) is 17.1. The van der Waals surface area contributed by atoms with Crippen molar-refractivity contribution in [2.45, 2.75) is 25.5 Å². The highest BCUT2D eigenvalue weighted by Gasteiger charge is 2.25. The number of benzene rings is 1. The van der Waals surface area contributed by atoms with Crippen LogP contribution >= 0.6 is 0 Å². The maximum Gasteiger partial charge on any atom is 0.275 e. The van der Waals surface area contributed by atoms with E-state index in [2.05, 4.69) is 21.9 Å². The van der Waals surface area contributed by atoms with Crippen LogP contribution in [-0.2, 0) is 6.61 Å². The molecule has 1 aliphatic heterocycles. The number of pyridine rings is 1. The Morgan fingerprint density at radius 2 is 2.21 bits per heavy atom. The van der Waals surface area contributed by atoms with E-state index in [1.807, 2.05) is 30.3 Å². The number of rotatable bonds is 6. The third kappa shape index (κ3) is 3.84. The average Bonchev–Trinajstić information content (AvgIpc) is 3.35. The lowest BCUT2D eigenvalue weighted by Gasteiger charge is -2.25. The molecule has 3 heterocycles. The van der Waals surface area contributed by atoms with Crippen LogP contribution in [0, 0.1) is 0 Å². The van der Waals surface area contributed by atoms with Crippen LogP contribution in [0.2, 0.25) is 0 Å². The third-order valence-corrected chi connectivity index (χ3v) is 5.22. The fourth-order valence-electron chi connectivity index (χ4n) is 3.61. The summed E-state index contributed by atoms with van der Waals surface area (Å²) in [7, 11) is 3.91. The number of carbonyl (C=O) groups is 1. The monoisotopic (exact) mass is 380 g/mol. The molecule has 1 aliphatic rings. The molecule has 28 heavy (non-hydrogen) atoms. The van der Waals surface area contributed by atoms with Crippen molar-refractivity contribution < 1.29 is 13.9 Å². The van der Waals surface area contributed by atoms with Gasteiger partial charge in [-0.25, -0.2) is 4.98 Å². The number of para-hydroxylation sites is 1. The van der Waals surface area contributed by atoms with Crippen molar-refractivity contribution >= 4 is 16.8 Å². The summed E-state index contributed by atoms with van der Waals surface area (Å²) in [6, 6.07) is 10.0. The number of nitrogens with zero attached hydrogens (tertiary/aromatic N) is 4. The zero-order valence-electron chi connectivity index (χ0n) is 16.2. The predicted molar refractivity (Wildman–Crippen MR) is 105 cm³/mol. The molecule has 0 saturated carbocycles. The van der Waals surface area contributed by atoms with Crippen LogP contribution in [0.3, 0.4) is 0 Å². The lowest BCUT2D eigenvalue weighted by atomic mass is 10.2. The minimum atomic E-state index is -0.137. The molecule has 2 aromatic heterocycles. The van der Waals surface area contributed by atoms with Gasteiger partial charge in [0.15, 0.2) is 12.3 Å². The highest BCUT2D eigenvalue weighted by Crippen LogP contribution is 2.24. The summed E-state index contributed by atoms with van der Waals surface area (Å²) in [6.45, 7) is 1.91. The summed E-state index contributed by atoms with van der Waals surface area (Å²) in [5, 5.41) is 1.00. The minimum Gasteiger partial charge on any atom is -0.482 e. The minimum absolute atomic E-state index is 0.137. The van der Waals surface area contributed by atoms with Crippen molar-refractivity contribution in [3.8, 4) is 5.75 Å². The zero-order valence-corrected chi connectivity index (χ0v) is 16.2. The Labute approximate surface area is 163 Å². The van der Waals surface area contributed by atoms with Crippen LogP contribution in [0.15, 0.2) is 47.2 Å². The number of amides is 1. The first-order valence-corrected chi connectivity index (χ1v) is 9.48. The van der Waals surface area contributed by atoms with Crippen LogP contribution in [0.25, 0.3) is 10.9 Å². The third-order valence-electron chi connectivity index (χ3n) is 5.22. The highest BCUT2D eigenvalue weighted by molar-refractivity contribution is 5.91. The molecule has 1 saturated heterocycles. The first kappa shape index (κ1) is 18.4. The van der Waals surface area contributed by atoms with Gasteiger partial charge in [0, 0.05) is 31.2 Å². The topological polar surface area (TPSA) is 71.7 Å². The summed E-state index contributed by atoms with van der Waals surface area (Å²) < 4.78 is 11.3. The van der Waals surface area contributed by atoms with Gasteiger partial charge in [-0.2, -0.15) is 0 Å². The van der Waals surface area contributed by atoms with Crippen LogP contribution in [0.5, 0.6) is 5.75 Å². The molecule has 146 valence electrons. The van der Waals surface area contributed by atoms with Crippen LogP contribution < -0.4 is 4.74 Å². The van der Waals surface area contributed by atoms with Crippen molar-refractivity contribution in [3.05, 3.63) is 54.4 Å². The van der Waals surface area contributed by atoms with Gasteiger partial charge in [0.05, 0.1) is 0 Å². The first-order valence-electron chi connectivity index (χ1n) is 9.48. The Kier molecular flexibility index (Phi) is 5.25. The van der Waals surface area contributed by atoms with Crippen molar-refractivity contribution in [2.24, 2.45) is 0 Å². The summed E-state index contributed by atoms with van der Waals surface area (Å²) in [5.41, 5.74) is 1.09. The number of ether oxygens (including phenoxy) is 1. The van der Waals surface area contributed by atoms with E-state index in [9.17, 15) is 4.79 Å². The van der Waals surface area contributed by atoms with Gasteiger partial charge in [-0.05, 0) is 38.6 Å². The molecular weight excluding hydrogens is 356 g/mol. The fourth-order valence-corrected chi connectivity index (χ4v) is 3.61. The van der Waals surface area contributed by atoms with Gasteiger partial charge in [0.2, 0.25) is 5.89 Å². The van der Waals surface area contributed by atoms with E-state index in [-0.39, 0.29) is 12.5 Å². The Morgan fingerprint density at radius 1 is 1.36 bits per heavy atom. The van der Waals surface area contributed by atoms with Crippen molar-refractivity contribution in [1.82, 2.24) is 19.8 Å². The molecule has 0 spiro atoms. The number of fused-ring (bicyclic) bond motifs is 1. The van der Waals surface area contributed by atoms with Crippen molar-refractivity contribution in [1.29, 1.82) is 0 Å². The van der Waals surface area contributed by atoms with Crippen molar-refractivity contribution in [2.75, 3.05) is 27.2 Å². The lowest BCUT2D eigenvalue weighted by molar-refractivity contribution is 0.0755. The van der Waals surface area contributed by atoms with Crippen LogP contribution in [0.1, 0.15) is 29.2 Å².